The largest absolute Gasteiger partial charge is 0.326 e. The van der Waals surface area contributed by atoms with Gasteiger partial charge < -0.3 is 10.6 Å². The van der Waals surface area contributed by atoms with Gasteiger partial charge in [-0.25, -0.2) is 4.39 Å². The van der Waals surface area contributed by atoms with Gasteiger partial charge in [0.25, 0.3) is 5.91 Å². The number of hydrogen-bond donors (Lipinski definition) is 3. The maximum Gasteiger partial charge on any atom is 0.258 e. The number of thiol groups is 1. The molecule has 0 aromatic heterocycles. The number of anilines is 2. The van der Waals surface area contributed by atoms with Crippen molar-refractivity contribution in [1.82, 2.24) is 0 Å². The van der Waals surface area contributed by atoms with Gasteiger partial charge >= 0.3 is 0 Å². The van der Waals surface area contributed by atoms with E-state index in [1.807, 2.05) is 0 Å². The molecule has 0 fully saturated rings. The van der Waals surface area contributed by atoms with Crippen LogP contribution in [0.15, 0.2) is 47.4 Å². The van der Waals surface area contributed by atoms with Gasteiger partial charge in [0.1, 0.15) is 5.82 Å². The molecule has 6 heteroatoms. The predicted molar refractivity (Wildman–Crippen MR) is 82.4 cm³/mol. The minimum atomic E-state index is -0.622. The van der Waals surface area contributed by atoms with Gasteiger partial charge in [-0.2, -0.15) is 0 Å². The van der Waals surface area contributed by atoms with E-state index in [0.717, 1.165) is 0 Å². The lowest BCUT2D eigenvalue weighted by atomic mass is 10.2. The third-order valence-electron chi connectivity index (χ3n) is 2.64. The van der Waals surface area contributed by atoms with E-state index in [1.165, 1.54) is 25.1 Å². The highest BCUT2D eigenvalue weighted by molar-refractivity contribution is 7.80. The van der Waals surface area contributed by atoms with Crippen LogP contribution in [0.2, 0.25) is 0 Å². The molecule has 0 bridgehead atoms. The van der Waals surface area contributed by atoms with E-state index in [-0.39, 0.29) is 11.5 Å². The van der Waals surface area contributed by atoms with Crippen molar-refractivity contribution in [3.63, 3.8) is 0 Å². The van der Waals surface area contributed by atoms with Gasteiger partial charge in [0.2, 0.25) is 5.91 Å². The second kappa shape index (κ2) is 6.41. The smallest absolute Gasteiger partial charge is 0.258 e. The van der Waals surface area contributed by atoms with Crippen LogP contribution < -0.4 is 10.6 Å². The van der Waals surface area contributed by atoms with Crippen LogP contribution in [0.25, 0.3) is 0 Å². The first-order chi connectivity index (χ1) is 9.95. The first-order valence-electron chi connectivity index (χ1n) is 6.13. The monoisotopic (exact) mass is 304 g/mol. The van der Waals surface area contributed by atoms with Crippen molar-refractivity contribution >= 4 is 35.8 Å². The molecule has 4 nitrogen and oxygen atoms in total. The van der Waals surface area contributed by atoms with Gasteiger partial charge in [-0.05, 0) is 36.4 Å². The highest BCUT2D eigenvalue weighted by Gasteiger charge is 2.12. The third kappa shape index (κ3) is 4.06. The molecule has 2 N–H and O–H groups in total. The maximum absolute atomic E-state index is 13.6. The highest BCUT2D eigenvalue weighted by Crippen LogP contribution is 2.18. The molecule has 108 valence electrons. The Morgan fingerprint density at radius 1 is 1.05 bits per heavy atom. The molecular weight excluding hydrogens is 291 g/mol. The summed E-state index contributed by atoms with van der Waals surface area (Å²) in [5.74, 6) is -1.42. The Morgan fingerprint density at radius 3 is 2.38 bits per heavy atom. The van der Waals surface area contributed by atoms with Crippen LogP contribution in [-0.2, 0) is 4.79 Å². The van der Waals surface area contributed by atoms with E-state index < -0.39 is 11.7 Å². The Kier molecular flexibility index (Phi) is 4.59. The molecule has 0 heterocycles. The molecule has 0 atom stereocenters. The van der Waals surface area contributed by atoms with Crippen LogP contribution in [0, 0.1) is 5.82 Å². The fraction of sp³-hybridized carbons (Fsp3) is 0.0667. The van der Waals surface area contributed by atoms with E-state index in [2.05, 4.69) is 23.3 Å². The molecular formula is C15H13FN2O2S. The average molecular weight is 304 g/mol. The molecule has 0 aliphatic carbocycles. The summed E-state index contributed by atoms with van der Waals surface area (Å²) in [6.45, 7) is 1.39. The van der Waals surface area contributed by atoms with E-state index in [1.54, 1.807) is 24.3 Å². The quantitative estimate of drug-likeness (QED) is 0.762. The molecule has 2 rings (SSSR count). The minimum Gasteiger partial charge on any atom is -0.326 e. The normalized spacial score (nSPS) is 10.0. The van der Waals surface area contributed by atoms with Gasteiger partial charge in [0.05, 0.1) is 5.56 Å². The van der Waals surface area contributed by atoms with Crippen molar-refractivity contribution in [3.05, 3.63) is 53.8 Å². The number of hydrogen-bond acceptors (Lipinski definition) is 3. The summed E-state index contributed by atoms with van der Waals surface area (Å²) in [6.07, 6.45) is 0. The molecule has 21 heavy (non-hydrogen) atoms. The second-order valence-electron chi connectivity index (χ2n) is 4.38. The molecule has 2 aromatic rings. The molecule has 0 aliphatic rings. The lowest BCUT2D eigenvalue weighted by Gasteiger charge is -2.09. The van der Waals surface area contributed by atoms with Gasteiger partial charge in [-0.3, -0.25) is 9.59 Å². The van der Waals surface area contributed by atoms with Crippen molar-refractivity contribution in [2.24, 2.45) is 0 Å². The lowest BCUT2D eigenvalue weighted by Crippen LogP contribution is -2.14. The Morgan fingerprint density at radius 2 is 1.71 bits per heavy atom. The molecule has 0 radical (unpaired) electrons. The molecule has 0 unspecified atom stereocenters. The van der Waals surface area contributed by atoms with E-state index in [4.69, 9.17) is 0 Å². The summed E-state index contributed by atoms with van der Waals surface area (Å²) in [5, 5.41) is 5.18. The molecule has 2 amide bonds. The lowest BCUT2D eigenvalue weighted by molar-refractivity contribution is -0.114. The van der Waals surface area contributed by atoms with Crippen LogP contribution in [0.3, 0.4) is 0 Å². The topological polar surface area (TPSA) is 58.2 Å². The summed E-state index contributed by atoms with van der Waals surface area (Å²) in [4.78, 5) is 23.5. The Bertz CT molecular complexity index is 704. The molecule has 0 saturated carbocycles. The number of carbonyl (C=O) groups is 2. The maximum atomic E-state index is 13.6. The van der Waals surface area contributed by atoms with Crippen molar-refractivity contribution in [2.45, 2.75) is 11.8 Å². The first-order valence-corrected chi connectivity index (χ1v) is 6.58. The number of halogens is 1. The predicted octanol–water partition coefficient (Wildman–Crippen LogP) is 3.33. The Hall–Kier alpha value is -2.34. The number of carbonyl (C=O) groups excluding carboxylic acids is 2. The zero-order chi connectivity index (χ0) is 15.4. The summed E-state index contributed by atoms with van der Waals surface area (Å²) >= 11 is 4.08. The summed E-state index contributed by atoms with van der Waals surface area (Å²) in [6, 6.07) is 10.6. The molecule has 2 aromatic carbocycles. The zero-order valence-corrected chi connectivity index (χ0v) is 12.1. The second-order valence-corrected chi connectivity index (χ2v) is 4.90. The van der Waals surface area contributed by atoms with E-state index in [9.17, 15) is 14.0 Å². The van der Waals surface area contributed by atoms with Crippen LogP contribution in [0.1, 0.15) is 17.3 Å². The molecule has 0 saturated heterocycles. The van der Waals surface area contributed by atoms with Crippen molar-refractivity contribution in [1.29, 1.82) is 0 Å². The number of rotatable bonds is 3. The van der Waals surface area contributed by atoms with Gasteiger partial charge in [-0.1, -0.05) is 6.07 Å². The van der Waals surface area contributed by atoms with Crippen LogP contribution in [0.5, 0.6) is 0 Å². The number of benzene rings is 2. The van der Waals surface area contributed by atoms with Crippen molar-refractivity contribution in [3.8, 4) is 0 Å². The van der Waals surface area contributed by atoms with Gasteiger partial charge in [-0.15, -0.1) is 12.6 Å². The van der Waals surface area contributed by atoms with Crippen LogP contribution in [0.4, 0.5) is 15.8 Å². The van der Waals surface area contributed by atoms with Crippen molar-refractivity contribution in [2.75, 3.05) is 10.6 Å². The third-order valence-corrected chi connectivity index (χ3v) is 2.91. The summed E-state index contributed by atoms with van der Waals surface area (Å²) < 4.78 is 13.6. The SMILES string of the molecule is CC(=O)Nc1cccc(NC(=O)c2cc(S)ccc2F)c1. The fourth-order valence-corrected chi connectivity index (χ4v) is 1.97. The Labute approximate surface area is 126 Å². The minimum absolute atomic E-state index is 0.0903. The first kappa shape index (κ1) is 15.1. The molecule has 0 aliphatic heterocycles. The van der Waals surface area contributed by atoms with Gasteiger partial charge in [0.15, 0.2) is 0 Å². The summed E-state index contributed by atoms with van der Waals surface area (Å²) in [7, 11) is 0. The average Bonchev–Trinajstić information content (AvgIpc) is 2.41. The fourth-order valence-electron chi connectivity index (χ4n) is 1.76. The van der Waals surface area contributed by atoms with Crippen molar-refractivity contribution < 1.29 is 14.0 Å². The number of nitrogens with one attached hydrogen (secondary N) is 2. The summed E-state index contributed by atoms with van der Waals surface area (Å²) in [5.41, 5.74) is 0.909. The zero-order valence-electron chi connectivity index (χ0n) is 11.2. The highest BCUT2D eigenvalue weighted by atomic mass is 32.1. The Balaban J connectivity index is 2.19. The van der Waals surface area contributed by atoms with Crippen LogP contribution in [-0.4, -0.2) is 11.8 Å². The van der Waals surface area contributed by atoms with E-state index >= 15 is 0 Å². The molecule has 0 spiro atoms. The van der Waals surface area contributed by atoms with Gasteiger partial charge in [0, 0.05) is 23.2 Å². The standard InChI is InChI=1S/C15H13FN2O2S/c1-9(19)17-10-3-2-4-11(7-10)18-15(20)13-8-12(21)5-6-14(13)16/h2-8,21H,1H3,(H,17,19)(H,18,20). The van der Waals surface area contributed by atoms with Crippen LogP contribution >= 0.6 is 12.6 Å². The van der Waals surface area contributed by atoms with E-state index in [0.29, 0.717) is 16.3 Å². The number of amides is 2.